The monoisotopic (exact) mass is 366 g/mol. The molecule has 2 N–H and O–H groups in total. The molecule has 0 saturated carbocycles. The molecule has 5 nitrogen and oxygen atoms in total. The van der Waals surface area contributed by atoms with Gasteiger partial charge in [0.25, 0.3) is 0 Å². The van der Waals surface area contributed by atoms with Gasteiger partial charge in [-0.05, 0) is 41.1 Å². The molecule has 0 spiro atoms. The molecular formula is C19H34N4OS. The Labute approximate surface area is 156 Å². The predicted octanol–water partition coefficient (Wildman–Crippen LogP) is 2.76. The molecule has 6 heteroatoms. The first-order valence-corrected chi connectivity index (χ1v) is 10.4. The van der Waals surface area contributed by atoms with Gasteiger partial charge in [0, 0.05) is 32.2 Å². The average Bonchev–Trinajstić information content (AvgIpc) is 3.15. The zero-order valence-electron chi connectivity index (χ0n) is 16.1. The molecule has 1 aromatic rings. The zero-order valence-corrected chi connectivity index (χ0v) is 16.9. The van der Waals surface area contributed by atoms with Crippen LogP contribution in [0.15, 0.2) is 21.8 Å². The summed E-state index contributed by atoms with van der Waals surface area (Å²) in [5.74, 6) is 1.98. The van der Waals surface area contributed by atoms with Gasteiger partial charge >= 0.3 is 0 Å². The van der Waals surface area contributed by atoms with E-state index in [4.69, 9.17) is 9.73 Å². The number of nitrogens with one attached hydrogen (secondary N) is 2. The number of thiophene rings is 1. The van der Waals surface area contributed by atoms with Gasteiger partial charge in [-0.3, -0.25) is 9.89 Å². The SMILES string of the molecule is CCNC(=NCC(C(C)C)N1CCOCC1)NCC(C)c1ccsc1. The van der Waals surface area contributed by atoms with E-state index in [9.17, 15) is 0 Å². The number of morpholine rings is 1. The van der Waals surface area contributed by atoms with Crippen LogP contribution in [0.2, 0.25) is 0 Å². The first-order chi connectivity index (χ1) is 12.1. The van der Waals surface area contributed by atoms with Crippen molar-refractivity contribution in [3.05, 3.63) is 22.4 Å². The van der Waals surface area contributed by atoms with Crippen LogP contribution in [0.25, 0.3) is 0 Å². The molecule has 1 saturated heterocycles. The van der Waals surface area contributed by atoms with Crippen LogP contribution in [0.3, 0.4) is 0 Å². The first-order valence-electron chi connectivity index (χ1n) is 9.47. The van der Waals surface area contributed by atoms with Gasteiger partial charge in [0.05, 0.1) is 19.8 Å². The summed E-state index contributed by atoms with van der Waals surface area (Å²) in [7, 11) is 0. The lowest BCUT2D eigenvalue weighted by Gasteiger charge is -2.36. The first kappa shape index (κ1) is 20.2. The van der Waals surface area contributed by atoms with E-state index in [-0.39, 0.29) is 0 Å². The molecule has 0 bridgehead atoms. The second kappa shape index (κ2) is 10.8. The van der Waals surface area contributed by atoms with Gasteiger partial charge < -0.3 is 15.4 Å². The number of rotatable bonds is 8. The van der Waals surface area contributed by atoms with Crippen molar-refractivity contribution < 1.29 is 4.74 Å². The Bertz CT molecular complexity index is 498. The third-order valence-electron chi connectivity index (χ3n) is 4.75. The predicted molar refractivity (Wildman–Crippen MR) is 108 cm³/mol. The fraction of sp³-hybridized carbons (Fsp3) is 0.737. The van der Waals surface area contributed by atoms with E-state index in [0.717, 1.165) is 51.9 Å². The topological polar surface area (TPSA) is 48.9 Å². The maximum Gasteiger partial charge on any atom is 0.191 e. The Morgan fingerprint density at radius 2 is 2.04 bits per heavy atom. The van der Waals surface area contributed by atoms with Crippen molar-refractivity contribution in [2.45, 2.75) is 39.7 Å². The Balaban J connectivity index is 1.91. The van der Waals surface area contributed by atoms with Crippen molar-refractivity contribution in [1.82, 2.24) is 15.5 Å². The quantitative estimate of drug-likeness (QED) is 0.549. The fourth-order valence-corrected chi connectivity index (χ4v) is 3.89. The highest BCUT2D eigenvalue weighted by Crippen LogP contribution is 2.17. The van der Waals surface area contributed by atoms with Crippen molar-refractivity contribution in [3.8, 4) is 0 Å². The summed E-state index contributed by atoms with van der Waals surface area (Å²) in [6, 6.07) is 2.67. The van der Waals surface area contributed by atoms with E-state index in [0.29, 0.717) is 17.9 Å². The summed E-state index contributed by atoms with van der Waals surface area (Å²) in [5.41, 5.74) is 1.39. The third-order valence-corrected chi connectivity index (χ3v) is 5.45. The lowest BCUT2D eigenvalue weighted by atomic mass is 10.0. The van der Waals surface area contributed by atoms with Crippen molar-refractivity contribution in [1.29, 1.82) is 0 Å². The minimum atomic E-state index is 0.466. The van der Waals surface area contributed by atoms with Crippen LogP contribution in [-0.2, 0) is 4.74 Å². The summed E-state index contributed by atoms with van der Waals surface area (Å²) in [6.45, 7) is 15.2. The summed E-state index contributed by atoms with van der Waals surface area (Å²) in [5, 5.41) is 11.3. The average molecular weight is 367 g/mol. The smallest absolute Gasteiger partial charge is 0.191 e. The van der Waals surface area contributed by atoms with Crippen LogP contribution in [0, 0.1) is 5.92 Å². The number of aliphatic imine (C=N–C) groups is 1. The van der Waals surface area contributed by atoms with E-state index in [1.165, 1.54) is 5.56 Å². The molecule has 1 aliphatic heterocycles. The van der Waals surface area contributed by atoms with Crippen molar-refractivity contribution in [3.63, 3.8) is 0 Å². The highest BCUT2D eigenvalue weighted by Gasteiger charge is 2.23. The largest absolute Gasteiger partial charge is 0.379 e. The molecule has 2 unspecified atom stereocenters. The Kier molecular flexibility index (Phi) is 8.72. The van der Waals surface area contributed by atoms with Gasteiger partial charge in [0.2, 0.25) is 0 Å². The van der Waals surface area contributed by atoms with Gasteiger partial charge in [0.15, 0.2) is 5.96 Å². The minimum Gasteiger partial charge on any atom is -0.379 e. The number of ether oxygens (including phenoxy) is 1. The Morgan fingerprint density at radius 1 is 1.28 bits per heavy atom. The molecule has 1 fully saturated rings. The van der Waals surface area contributed by atoms with E-state index < -0.39 is 0 Å². The van der Waals surface area contributed by atoms with Crippen LogP contribution in [0.5, 0.6) is 0 Å². The molecule has 0 aromatic carbocycles. The number of hydrogen-bond acceptors (Lipinski definition) is 4. The number of hydrogen-bond donors (Lipinski definition) is 2. The van der Waals surface area contributed by atoms with E-state index in [1.807, 2.05) is 0 Å². The number of nitrogens with zero attached hydrogens (tertiary/aromatic N) is 2. The van der Waals surface area contributed by atoms with E-state index >= 15 is 0 Å². The number of guanidine groups is 1. The Morgan fingerprint density at radius 3 is 2.64 bits per heavy atom. The molecule has 2 heterocycles. The summed E-state index contributed by atoms with van der Waals surface area (Å²) in [6.07, 6.45) is 0. The second-order valence-electron chi connectivity index (χ2n) is 7.02. The van der Waals surface area contributed by atoms with Gasteiger partial charge in [-0.2, -0.15) is 11.3 Å². The van der Waals surface area contributed by atoms with Crippen LogP contribution in [-0.4, -0.2) is 62.8 Å². The van der Waals surface area contributed by atoms with Crippen molar-refractivity contribution in [2.24, 2.45) is 10.9 Å². The maximum atomic E-state index is 5.49. The molecule has 0 radical (unpaired) electrons. The minimum absolute atomic E-state index is 0.466. The molecule has 1 aliphatic rings. The standard InChI is InChI=1S/C19H34N4OS/c1-5-20-19(21-12-16(4)17-6-11-25-14-17)22-13-18(15(2)3)23-7-9-24-10-8-23/h6,11,14-16,18H,5,7-10,12-13H2,1-4H3,(H2,20,21,22). The Hall–Kier alpha value is -1.11. The van der Waals surface area contributed by atoms with Gasteiger partial charge in [-0.1, -0.05) is 20.8 Å². The molecule has 2 rings (SSSR count). The van der Waals surface area contributed by atoms with Crippen LogP contribution in [0.1, 0.15) is 39.2 Å². The molecule has 1 aromatic heterocycles. The summed E-state index contributed by atoms with van der Waals surface area (Å²) in [4.78, 5) is 7.40. The molecule has 25 heavy (non-hydrogen) atoms. The van der Waals surface area contributed by atoms with Gasteiger partial charge in [-0.25, -0.2) is 0 Å². The lowest BCUT2D eigenvalue weighted by Crippen LogP contribution is -2.48. The van der Waals surface area contributed by atoms with Crippen molar-refractivity contribution >= 4 is 17.3 Å². The highest BCUT2D eigenvalue weighted by atomic mass is 32.1. The van der Waals surface area contributed by atoms with Gasteiger partial charge in [0.1, 0.15) is 0 Å². The van der Waals surface area contributed by atoms with Crippen LogP contribution in [0.4, 0.5) is 0 Å². The molecule has 0 aliphatic carbocycles. The molecular weight excluding hydrogens is 332 g/mol. The van der Waals surface area contributed by atoms with Crippen LogP contribution >= 0.6 is 11.3 Å². The fourth-order valence-electron chi connectivity index (χ4n) is 3.11. The van der Waals surface area contributed by atoms with Crippen LogP contribution < -0.4 is 10.6 Å². The third kappa shape index (κ3) is 6.60. The normalized spacial score (nSPS) is 19.0. The molecule has 0 amide bonds. The maximum absolute atomic E-state index is 5.49. The molecule has 142 valence electrons. The summed E-state index contributed by atoms with van der Waals surface area (Å²) >= 11 is 1.76. The van der Waals surface area contributed by atoms with E-state index in [1.54, 1.807) is 11.3 Å². The summed E-state index contributed by atoms with van der Waals surface area (Å²) < 4.78 is 5.49. The second-order valence-corrected chi connectivity index (χ2v) is 7.80. The van der Waals surface area contributed by atoms with Crippen molar-refractivity contribution in [2.75, 3.05) is 45.9 Å². The van der Waals surface area contributed by atoms with E-state index in [2.05, 4.69) is 60.1 Å². The highest BCUT2D eigenvalue weighted by molar-refractivity contribution is 7.07. The lowest BCUT2D eigenvalue weighted by molar-refractivity contribution is 0.00867. The zero-order chi connectivity index (χ0) is 18.1. The molecule has 2 atom stereocenters. The van der Waals surface area contributed by atoms with Gasteiger partial charge in [-0.15, -0.1) is 0 Å².